The Morgan fingerprint density at radius 3 is 2.61 bits per heavy atom. The molecular formula is C28H44N2O5S. The van der Waals surface area contributed by atoms with Gasteiger partial charge in [-0.3, -0.25) is 14.4 Å². The molecule has 1 N–H and O–H groups in total. The monoisotopic (exact) mass is 520 g/mol. The number of hydrogen-bond donors (Lipinski definition) is 1. The predicted octanol–water partition coefficient (Wildman–Crippen LogP) is 3.95. The van der Waals surface area contributed by atoms with Gasteiger partial charge in [0.2, 0.25) is 11.8 Å². The number of amides is 2. The minimum atomic E-state index is -0.728. The minimum Gasteiger partial charge on any atom is -0.465 e. The number of aliphatic hydroxyl groups is 1. The average molecular weight is 521 g/mol. The van der Waals surface area contributed by atoms with Gasteiger partial charge in [-0.05, 0) is 59.3 Å². The van der Waals surface area contributed by atoms with E-state index in [-0.39, 0.29) is 30.4 Å². The van der Waals surface area contributed by atoms with Gasteiger partial charge >= 0.3 is 5.97 Å². The molecule has 0 aromatic carbocycles. The second kappa shape index (κ2) is 11.7. The van der Waals surface area contributed by atoms with Crippen molar-refractivity contribution in [2.75, 3.05) is 19.8 Å². The summed E-state index contributed by atoms with van der Waals surface area (Å²) in [5, 5.41) is 10.1. The predicted molar refractivity (Wildman–Crippen MR) is 143 cm³/mol. The van der Waals surface area contributed by atoms with E-state index < -0.39 is 33.4 Å². The number of thioether (sulfide) groups is 1. The van der Waals surface area contributed by atoms with Crippen LogP contribution in [0.3, 0.4) is 0 Å². The van der Waals surface area contributed by atoms with E-state index in [1.807, 2.05) is 24.8 Å². The molecule has 3 rings (SSSR count). The number of carbonyl (C=O) groups excluding carboxylic acids is 3. The average Bonchev–Trinajstić information content (AvgIpc) is 3.42. The van der Waals surface area contributed by atoms with Crippen molar-refractivity contribution in [2.45, 2.75) is 100 Å². The van der Waals surface area contributed by atoms with Gasteiger partial charge in [0, 0.05) is 17.3 Å². The molecule has 7 atom stereocenters. The number of likely N-dealkylation sites (tertiary alicyclic amines) is 1. The molecule has 0 aliphatic carbocycles. The van der Waals surface area contributed by atoms with Crippen molar-refractivity contribution in [3.8, 4) is 0 Å². The first-order valence-corrected chi connectivity index (χ1v) is 14.3. The zero-order chi connectivity index (χ0) is 26.7. The summed E-state index contributed by atoms with van der Waals surface area (Å²) >= 11 is 1.64. The molecule has 36 heavy (non-hydrogen) atoms. The van der Waals surface area contributed by atoms with E-state index in [1.54, 1.807) is 29.7 Å². The third-order valence-corrected chi connectivity index (χ3v) is 10.3. The maximum atomic E-state index is 14.3. The molecule has 3 aliphatic rings. The molecule has 1 spiro atoms. The Labute approximate surface area is 220 Å². The van der Waals surface area contributed by atoms with E-state index in [4.69, 9.17) is 4.74 Å². The first-order chi connectivity index (χ1) is 17.1. The molecule has 0 aromatic rings. The van der Waals surface area contributed by atoms with E-state index >= 15 is 0 Å². The molecule has 0 saturated carbocycles. The number of fused-ring (bicyclic) bond motifs is 1. The van der Waals surface area contributed by atoms with Gasteiger partial charge in [0.05, 0.1) is 35.8 Å². The number of aliphatic hydroxyl groups excluding tert-OH is 1. The fourth-order valence-corrected chi connectivity index (χ4v) is 8.90. The SMILES string of the molecule is C=CCCCCOC(=O)[C@@H]1[C@H]2C(=O)N([C@H](C)CO)C(C(=O)N(CC=C)C(C)CCC)C23CC[C@@]1(C)S3. The lowest BCUT2D eigenvalue weighted by atomic mass is 9.66. The highest BCUT2D eigenvalue weighted by Crippen LogP contribution is 2.71. The zero-order valence-corrected chi connectivity index (χ0v) is 23.2. The summed E-state index contributed by atoms with van der Waals surface area (Å²) in [4.78, 5) is 45.1. The van der Waals surface area contributed by atoms with E-state index in [2.05, 4.69) is 20.1 Å². The summed E-state index contributed by atoms with van der Waals surface area (Å²) in [6.07, 6.45) is 9.30. The summed E-state index contributed by atoms with van der Waals surface area (Å²) in [5.74, 6) is -1.88. The first-order valence-electron chi connectivity index (χ1n) is 13.5. The Morgan fingerprint density at radius 1 is 1.28 bits per heavy atom. The van der Waals surface area contributed by atoms with Crippen LogP contribution >= 0.6 is 11.8 Å². The Bertz CT molecular complexity index is 865. The molecule has 8 heteroatoms. The molecule has 0 radical (unpaired) electrons. The van der Waals surface area contributed by atoms with Crippen molar-refractivity contribution in [3.05, 3.63) is 25.3 Å². The van der Waals surface area contributed by atoms with Gasteiger partial charge in [-0.1, -0.05) is 25.5 Å². The van der Waals surface area contributed by atoms with Crippen molar-refractivity contribution < 1.29 is 24.2 Å². The highest BCUT2D eigenvalue weighted by molar-refractivity contribution is 8.02. The van der Waals surface area contributed by atoms with Crippen molar-refractivity contribution in [1.82, 2.24) is 9.80 Å². The van der Waals surface area contributed by atoms with Crippen LogP contribution in [0.5, 0.6) is 0 Å². The fourth-order valence-electron chi connectivity index (χ4n) is 6.57. The number of carbonyl (C=O) groups is 3. The maximum absolute atomic E-state index is 14.3. The second-order valence-electron chi connectivity index (χ2n) is 10.9. The Kier molecular flexibility index (Phi) is 9.36. The molecule has 3 saturated heterocycles. The van der Waals surface area contributed by atoms with Gasteiger partial charge in [-0.15, -0.1) is 24.9 Å². The number of rotatable bonds is 14. The molecule has 2 amide bonds. The number of unbranched alkanes of at least 4 members (excludes halogenated alkanes) is 2. The Balaban J connectivity index is 1.97. The number of ether oxygens (including phenoxy) is 1. The van der Waals surface area contributed by atoms with Gasteiger partial charge in [-0.2, -0.15) is 0 Å². The van der Waals surface area contributed by atoms with Crippen LogP contribution in [0, 0.1) is 11.8 Å². The topological polar surface area (TPSA) is 87.1 Å². The zero-order valence-electron chi connectivity index (χ0n) is 22.4. The van der Waals surface area contributed by atoms with Crippen LogP contribution in [-0.2, 0) is 19.1 Å². The lowest BCUT2D eigenvalue weighted by molar-refractivity contribution is -0.156. The number of nitrogens with zero attached hydrogens (tertiary/aromatic N) is 2. The fraction of sp³-hybridized carbons (Fsp3) is 0.750. The van der Waals surface area contributed by atoms with Crippen LogP contribution in [0.1, 0.15) is 72.6 Å². The van der Waals surface area contributed by atoms with Crippen molar-refractivity contribution >= 4 is 29.5 Å². The smallest absolute Gasteiger partial charge is 0.311 e. The van der Waals surface area contributed by atoms with Crippen LogP contribution in [0.4, 0.5) is 0 Å². The molecule has 2 bridgehead atoms. The highest BCUT2D eigenvalue weighted by atomic mass is 32.2. The van der Waals surface area contributed by atoms with Crippen molar-refractivity contribution in [2.24, 2.45) is 11.8 Å². The molecule has 3 unspecified atom stereocenters. The maximum Gasteiger partial charge on any atom is 0.311 e. The molecule has 7 nitrogen and oxygen atoms in total. The number of allylic oxidation sites excluding steroid dienone is 1. The van der Waals surface area contributed by atoms with Crippen LogP contribution in [0.15, 0.2) is 25.3 Å². The highest BCUT2D eigenvalue weighted by Gasteiger charge is 2.78. The van der Waals surface area contributed by atoms with Crippen LogP contribution in [0.25, 0.3) is 0 Å². The molecular weight excluding hydrogens is 476 g/mol. The Morgan fingerprint density at radius 2 is 2.00 bits per heavy atom. The largest absolute Gasteiger partial charge is 0.465 e. The summed E-state index contributed by atoms with van der Waals surface area (Å²) in [6.45, 7) is 16.0. The van der Waals surface area contributed by atoms with Gasteiger partial charge < -0.3 is 19.6 Å². The standard InChI is InChI=1S/C28H44N2O5S/c1-7-10-11-12-17-35-26(34)22-21-24(32)30(20(5)18-31)23(28(21)15-14-27(22,6)36-28)25(33)29(16-9-3)19(4)13-8-2/h7,9,19-23,31H,1,3,8,10-18H2,2,4-6H3/t19?,20-,21+,22+,23?,27-,28?/m1/s1. The lowest BCUT2D eigenvalue weighted by Crippen LogP contribution is -2.58. The minimum absolute atomic E-state index is 0.00662. The van der Waals surface area contributed by atoms with E-state index in [1.165, 1.54) is 0 Å². The summed E-state index contributed by atoms with van der Waals surface area (Å²) in [5.41, 5.74) is 0. The quantitative estimate of drug-likeness (QED) is 0.212. The number of esters is 1. The van der Waals surface area contributed by atoms with Crippen molar-refractivity contribution in [1.29, 1.82) is 0 Å². The number of hydrogen-bond acceptors (Lipinski definition) is 6. The van der Waals surface area contributed by atoms with E-state index in [9.17, 15) is 19.5 Å². The van der Waals surface area contributed by atoms with Gasteiger partial charge in [0.1, 0.15) is 6.04 Å². The lowest BCUT2D eigenvalue weighted by Gasteiger charge is -2.40. The molecule has 202 valence electrons. The summed E-state index contributed by atoms with van der Waals surface area (Å²) < 4.78 is 4.54. The van der Waals surface area contributed by atoms with Gasteiger partial charge in [-0.25, -0.2) is 0 Å². The summed E-state index contributed by atoms with van der Waals surface area (Å²) in [6, 6.07) is -1.26. The third-order valence-electron chi connectivity index (χ3n) is 8.34. The van der Waals surface area contributed by atoms with Crippen LogP contribution in [-0.4, -0.2) is 80.1 Å². The second-order valence-corrected chi connectivity index (χ2v) is 12.8. The molecule has 3 fully saturated rings. The Hall–Kier alpha value is -1.80. The molecule has 3 aliphatic heterocycles. The van der Waals surface area contributed by atoms with E-state index in [0.29, 0.717) is 19.6 Å². The van der Waals surface area contributed by atoms with Crippen LogP contribution < -0.4 is 0 Å². The van der Waals surface area contributed by atoms with Gasteiger partial charge in [0.25, 0.3) is 0 Å². The third kappa shape index (κ3) is 4.87. The van der Waals surface area contributed by atoms with Crippen LogP contribution in [0.2, 0.25) is 0 Å². The molecule has 0 aromatic heterocycles. The van der Waals surface area contributed by atoms with E-state index in [0.717, 1.165) is 38.5 Å². The molecule has 3 heterocycles. The van der Waals surface area contributed by atoms with Crippen molar-refractivity contribution in [3.63, 3.8) is 0 Å². The summed E-state index contributed by atoms with van der Waals surface area (Å²) in [7, 11) is 0. The first kappa shape index (κ1) is 28.8. The van der Waals surface area contributed by atoms with Gasteiger partial charge in [0.15, 0.2) is 0 Å². The normalized spacial score (nSPS) is 32.2.